The number of ether oxygens (including phenoxy) is 2. The van der Waals surface area contributed by atoms with Gasteiger partial charge in [0.05, 0.1) is 17.8 Å². The van der Waals surface area contributed by atoms with Gasteiger partial charge in [0.2, 0.25) is 0 Å². The first-order valence-electron chi connectivity index (χ1n) is 7.54. The van der Waals surface area contributed by atoms with Gasteiger partial charge in [0, 0.05) is 12.4 Å². The van der Waals surface area contributed by atoms with Gasteiger partial charge in [0.15, 0.2) is 0 Å². The van der Waals surface area contributed by atoms with E-state index in [-0.39, 0.29) is 16.6 Å². The molecule has 0 aromatic carbocycles. The molecule has 0 spiro atoms. The summed E-state index contributed by atoms with van der Waals surface area (Å²) >= 11 is 3.75. The fourth-order valence-electron chi connectivity index (χ4n) is 4.14. The Kier molecular flexibility index (Phi) is 4.41. The average Bonchev–Trinajstić information content (AvgIpc) is 2.90. The largest absolute Gasteiger partial charge is 0.379 e. The second kappa shape index (κ2) is 5.31. The lowest BCUT2D eigenvalue weighted by Gasteiger charge is -2.49. The summed E-state index contributed by atoms with van der Waals surface area (Å²) in [7, 11) is 1.78. The molecule has 0 aliphatic heterocycles. The Morgan fingerprint density at radius 1 is 1.21 bits per heavy atom. The van der Waals surface area contributed by atoms with E-state index in [1.165, 1.54) is 19.3 Å². The van der Waals surface area contributed by atoms with E-state index < -0.39 is 0 Å². The maximum Gasteiger partial charge on any atom is 0.0860 e. The van der Waals surface area contributed by atoms with Crippen LogP contribution in [0.2, 0.25) is 0 Å². The molecule has 2 aliphatic carbocycles. The number of methoxy groups -OCH3 is 1. The van der Waals surface area contributed by atoms with Gasteiger partial charge in [-0.1, -0.05) is 29.8 Å². The van der Waals surface area contributed by atoms with Gasteiger partial charge < -0.3 is 9.47 Å². The van der Waals surface area contributed by atoms with Crippen LogP contribution in [0.1, 0.15) is 53.4 Å². The van der Waals surface area contributed by atoms with Gasteiger partial charge in [-0.25, -0.2) is 0 Å². The Morgan fingerprint density at radius 3 is 2.32 bits per heavy atom. The lowest BCUT2D eigenvalue weighted by Crippen LogP contribution is -2.53. The van der Waals surface area contributed by atoms with E-state index in [9.17, 15) is 0 Å². The monoisotopic (exact) mass is 332 g/mol. The quantitative estimate of drug-likeness (QED) is 0.671. The summed E-state index contributed by atoms with van der Waals surface area (Å²) in [6.45, 7) is 9.85. The highest BCUT2D eigenvalue weighted by atomic mass is 79.9. The minimum atomic E-state index is -0.0880. The van der Waals surface area contributed by atoms with E-state index >= 15 is 0 Å². The molecule has 0 aromatic rings. The molecule has 0 N–H and O–H groups in total. The van der Waals surface area contributed by atoms with Crippen LogP contribution < -0.4 is 0 Å². The summed E-state index contributed by atoms with van der Waals surface area (Å²) in [5.41, 5.74) is 0.228. The second-order valence-electron chi connectivity index (χ2n) is 7.51. The van der Waals surface area contributed by atoms with Crippen molar-refractivity contribution in [2.45, 2.75) is 64.6 Å². The first kappa shape index (κ1) is 15.8. The molecule has 2 bridgehead atoms. The number of hydrogen-bond acceptors (Lipinski definition) is 2. The van der Waals surface area contributed by atoms with Crippen molar-refractivity contribution in [2.24, 2.45) is 17.3 Å². The molecular formula is C16H29BrO2. The Hall–Kier alpha value is 0.400. The van der Waals surface area contributed by atoms with Crippen LogP contribution in [0, 0.1) is 17.3 Å². The van der Waals surface area contributed by atoms with Crippen molar-refractivity contribution in [3.63, 3.8) is 0 Å². The van der Waals surface area contributed by atoms with Gasteiger partial charge in [0.25, 0.3) is 0 Å². The van der Waals surface area contributed by atoms with Crippen LogP contribution in [-0.4, -0.2) is 30.2 Å². The predicted octanol–water partition coefficient (Wildman–Crippen LogP) is 4.41. The van der Waals surface area contributed by atoms with Crippen molar-refractivity contribution >= 4 is 15.9 Å². The van der Waals surface area contributed by atoms with E-state index in [0.29, 0.717) is 0 Å². The molecular weight excluding hydrogens is 304 g/mol. The van der Waals surface area contributed by atoms with Gasteiger partial charge in [-0.3, -0.25) is 0 Å². The lowest BCUT2D eigenvalue weighted by atomic mass is 9.66. The molecule has 2 aliphatic rings. The van der Waals surface area contributed by atoms with E-state index in [0.717, 1.165) is 30.2 Å². The summed E-state index contributed by atoms with van der Waals surface area (Å²) < 4.78 is 12.0. The van der Waals surface area contributed by atoms with Crippen molar-refractivity contribution in [2.75, 3.05) is 19.0 Å². The zero-order chi connectivity index (χ0) is 14.3. The molecule has 2 saturated carbocycles. The van der Waals surface area contributed by atoms with Crippen molar-refractivity contribution in [3.05, 3.63) is 0 Å². The Morgan fingerprint density at radius 2 is 1.84 bits per heavy atom. The predicted molar refractivity (Wildman–Crippen MR) is 82.8 cm³/mol. The Labute approximate surface area is 126 Å². The number of halogens is 1. The molecule has 3 heteroatoms. The fraction of sp³-hybridized carbons (Fsp3) is 1.00. The van der Waals surface area contributed by atoms with Gasteiger partial charge >= 0.3 is 0 Å². The van der Waals surface area contributed by atoms with Crippen molar-refractivity contribution in [3.8, 4) is 0 Å². The highest BCUT2D eigenvalue weighted by molar-refractivity contribution is 9.09. The molecule has 0 heterocycles. The third kappa shape index (κ3) is 2.51. The molecule has 19 heavy (non-hydrogen) atoms. The van der Waals surface area contributed by atoms with Crippen LogP contribution in [0.15, 0.2) is 0 Å². The Balaban J connectivity index is 2.03. The van der Waals surface area contributed by atoms with Crippen LogP contribution in [0.5, 0.6) is 0 Å². The topological polar surface area (TPSA) is 18.5 Å². The Bertz CT molecular complexity index is 327. The standard InChI is InChI=1S/C16H29BrO2/c1-14(2,18-5)8-9-19-16(11-17)13-7-6-12(10-13)15(16,3)4/h12-13H,6-11H2,1-5H3. The van der Waals surface area contributed by atoms with Gasteiger partial charge in [-0.2, -0.15) is 0 Å². The van der Waals surface area contributed by atoms with Crippen LogP contribution in [0.4, 0.5) is 0 Å². The smallest absolute Gasteiger partial charge is 0.0860 e. The molecule has 0 aromatic heterocycles. The summed E-state index contributed by atoms with van der Waals surface area (Å²) in [4.78, 5) is 0. The SMILES string of the molecule is COC(C)(C)CCOC1(CBr)C2CCC(C2)C1(C)C. The summed E-state index contributed by atoms with van der Waals surface area (Å²) in [6, 6.07) is 0. The zero-order valence-corrected chi connectivity index (χ0v) is 14.7. The van der Waals surface area contributed by atoms with Gasteiger partial charge in [-0.15, -0.1) is 0 Å². The van der Waals surface area contributed by atoms with E-state index in [1.807, 2.05) is 0 Å². The summed E-state index contributed by atoms with van der Waals surface area (Å²) in [5.74, 6) is 1.57. The van der Waals surface area contributed by atoms with E-state index in [1.54, 1.807) is 7.11 Å². The van der Waals surface area contributed by atoms with Gasteiger partial charge in [0.1, 0.15) is 0 Å². The van der Waals surface area contributed by atoms with Crippen molar-refractivity contribution in [1.82, 2.24) is 0 Å². The van der Waals surface area contributed by atoms with Crippen LogP contribution >= 0.6 is 15.9 Å². The molecule has 2 fully saturated rings. The summed E-state index contributed by atoms with van der Waals surface area (Å²) in [5, 5.41) is 0.960. The molecule has 0 radical (unpaired) electrons. The number of fused-ring (bicyclic) bond motifs is 2. The first-order valence-corrected chi connectivity index (χ1v) is 8.66. The van der Waals surface area contributed by atoms with Crippen molar-refractivity contribution in [1.29, 1.82) is 0 Å². The maximum absolute atomic E-state index is 6.50. The minimum Gasteiger partial charge on any atom is -0.379 e. The van der Waals surface area contributed by atoms with E-state index in [4.69, 9.17) is 9.47 Å². The lowest BCUT2D eigenvalue weighted by molar-refractivity contribution is -0.147. The fourth-order valence-corrected chi connectivity index (χ4v) is 5.48. The summed E-state index contributed by atoms with van der Waals surface area (Å²) in [6.07, 6.45) is 5.03. The van der Waals surface area contributed by atoms with Gasteiger partial charge in [-0.05, 0) is 56.8 Å². The van der Waals surface area contributed by atoms with Crippen LogP contribution in [0.3, 0.4) is 0 Å². The minimum absolute atomic E-state index is 0.0275. The van der Waals surface area contributed by atoms with Crippen molar-refractivity contribution < 1.29 is 9.47 Å². The van der Waals surface area contributed by atoms with Crippen LogP contribution in [0.25, 0.3) is 0 Å². The number of alkyl halides is 1. The molecule has 0 saturated heterocycles. The molecule has 3 atom stereocenters. The second-order valence-corrected chi connectivity index (χ2v) is 8.07. The average molecular weight is 333 g/mol. The third-order valence-corrected chi connectivity index (χ3v) is 6.85. The highest BCUT2D eigenvalue weighted by Gasteiger charge is 2.63. The molecule has 112 valence electrons. The first-order chi connectivity index (χ1) is 8.79. The molecule has 0 amide bonds. The molecule has 3 unspecified atom stereocenters. The van der Waals surface area contributed by atoms with Crippen LogP contribution in [-0.2, 0) is 9.47 Å². The normalized spacial score (nSPS) is 36.9. The number of hydrogen-bond donors (Lipinski definition) is 0. The highest BCUT2D eigenvalue weighted by Crippen LogP contribution is 2.63. The molecule has 2 rings (SSSR count). The van der Waals surface area contributed by atoms with E-state index in [2.05, 4.69) is 43.6 Å². The third-order valence-electron chi connectivity index (χ3n) is 6.02. The zero-order valence-electron chi connectivity index (χ0n) is 13.1. The maximum atomic E-state index is 6.50. The number of rotatable bonds is 6. The molecule has 2 nitrogen and oxygen atoms in total.